The van der Waals surface area contributed by atoms with Crippen molar-refractivity contribution in [2.75, 3.05) is 0 Å². The maximum Gasteiger partial charge on any atom is 0.178 e. The molecule has 0 amide bonds. The Morgan fingerprint density at radius 3 is 3.18 bits per heavy atom. The van der Waals surface area contributed by atoms with Gasteiger partial charge in [0.25, 0.3) is 0 Å². The Kier molecular flexibility index (Phi) is 1.22. The lowest BCUT2D eigenvalue weighted by molar-refractivity contribution is 1.27. The number of fused-ring (bicyclic) bond motifs is 1. The van der Waals surface area contributed by atoms with Crippen LogP contribution in [0.1, 0.15) is 5.82 Å². The van der Waals surface area contributed by atoms with Gasteiger partial charge in [-0.25, -0.2) is 9.97 Å². The smallest absolute Gasteiger partial charge is 0.178 e. The summed E-state index contributed by atoms with van der Waals surface area (Å²) in [6.45, 7) is 3.60. The summed E-state index contributed by atoms with van der Waals surface area (Å²) in [5, 5.41) is 0. The Hall–Kier alpha value is -1.64. The number of imidazole rings is 1. The first-order valence-corrected chi connectivity index (χ1v) is 3.33. The number of pyridine rings is 1. The van der Waals surface area contributed by atoms with Crippen LogP contribution in [0.25, 0.3) is 17.2 Å². The maximum atomic E-state index is 4.15. The van der Waals surface area contributed by atoms with Crippen molar-refractivity contribution in [2.45, 2.75) is 0 Å². The van der Waals surface area contributed by atoms with E-state index in [9.17, 15) is 0 Å². The van der Waals surface area contributed by atoms with Crippen molar-refractivity contribution in [2.24, 2.45) is 0 Å². The van der Waals surface area contributed by atoms with E-state index in [1.54, 1.807) is 12.3 Å². The van der Waals surface area contributed by atoms with E-state index in [4.69, 9.17) is 0 Å². The molecule has 2 heterocycles. The van der Waals surface area contributed by atoms with E-state index < -0.39 is 0 Å². The zero-order valence-corrected chi connectivity index (χ0v) is 5.91. The molecule has 2 aromatic heterocycles. The lowest BCUT2D eigenvalue weighted by Crippen LogP contribution is -1.72. The van der Waals surface area contributed by atoms with Gasteiger partial charge in [-0.3, -0.25) is 0 Å². The van der Waals surface area contributed by atoms with Gasteiger partial charge in [-0.05, 0) is 18.2 Å². The van der Waals surface area contributed by atoms with Gasteiger partial charge < -0.3 is 4.98 Å². The first kappa shape index (κ1) is 6.09. The minimum absolute atomic E-state index is 0.738. The van der Waals surface area contributed by atoms with Crippen LogP contribution in [-0.2, 0) is 0 Å². The van der Waals surface area contributed by atoms with Crippen LogP contribution < -0.4 is 0 Å². The molecule has 0 atom stereocenters. The highest BCUT2D eigenvalue weighted by Gasteiger charge is 1.97. The van der Waals surface area contributed by atoms with Crippen molar-refractivity contribution in [3.8, 4) is 0 Å². The highest BCUT2D eigenvalue weighted by atomic mass is 15.0. The summed E-state index contributed by atoms with van der Waals surface area (Å²) in [4.78, 5) is 11.3. The largest absolute Gasteiger partial charge is 0.337 e. The van der Waals surface area contributed by atoms with Crippen molar-refractivity contribution in [1.29, 1.82) is 0 Å². The second kappa shape index (κ2) is 2.20. The Bertz CT molecular complexity index is 356. The molecular formula is C8H7N3. The highest BCUT2D eigenvalue weighted by molar-refractivity contribution is 5.71. The molecule has 0 aliphatic rings. The average molecular weight is 145 g/mol. The van der Waals surface area contributed by atoms with Gasteiger partial charge in [0.05, 0.1) is 5.52 Å². The lowest BCUT2D eigenvalue weighted by atomic mass is 10.4. The van der Waals surface area contributed by atoms with Crippen LogP contribution in [0, 0.1) is 0 Å². The Labute approximate surface area is 63.8 Å². The molecule has 3 heteroatoms. The molecule has 2 rings (SSSR count). The van der Waals surface area contributed by atoms with E-state index in [2.05, 4.69) is 21.5 Å². The minimum Gasteiger partial charge on any atom is -0.337 e. The standard InChI is InChI=1S/C8H7N3/c1-2-7-10-6-4-3-5-9-8(6)11-7/h2-5H,1H2,(H,9,10,11). The summed E-state index contributed by atoms with van der Waals surface area (Å²) in [5.74, 6) is 0.763. The van der Waals surface area contributed by atoms with Crippen LogP contribution in [0.15, 0.2) is 24.9 Å². The number of H-pyrrole nitrogens is 1. The molecule has 0 saturated heterocycles. The van der Waals surface area contributed by atoms with Crippen molar-refractivity contribution in [3.63, 3.8) is 0 Å². The molecule has 3 nitrogen and oxygen atoms in total. The van der Waals surface area contributed by atoms with E-state index in [-0.39, 0.29) is 0 Å². The number of nitrogens with one attached hydrogen (secondary N) is 1. The molecule has 0 spiro atoms. The van der Waals surface area contributed by atoms with Gasteiger partial charge >= 0.3 is 0 Å². The topological polar surface area (TPSA) is 41.6 Å². The van der Waals surface area contributed by atoms with Gasteiger partial charge in [-0.15, -0.1) is 0 Å². The quantitative estimate of drug-likeness (QED) is 0.662. The zero-order valence-electron chi connectivity index (χ0n) is 5.91. The second-order valence-corrected chi connectivity index (χ2v) is 2.20. The predicted octanol–water partition coefficient (Wildman–Crippen LogP) is 1.60. The first-order valence-electron chi connectivity index (χ1n) is 3.33. The summed E-state index contributed by atoms with van der Waals surface area (Å²) in [6, 6.07) is 3.80. The van der Waals surface area contributed by atoms with E-state index in [1.165, 1.54) is 0 Å². The SMILES string of the molecule is C=Cc1nc2ncccc2[nH]1. The van der Waals surface area contributed by atoms with E-state index >= 15 is 0 Å². The Morgan fingerprint density at radius 1 is 1.55 bits per heavy atom. The molecule has 0 bridgehead atoms. The Morgan fingerprint density at radius 2 is 2.45 bits per heavy atom. The van der Waals surface area contributed by atoms with Crippen molar-refractivity contribution in [3.05, 3.63) is 30.7 Å². The predicted molar refractivity (Wildman–Crippen MR) is 44.0 cm³/mol. The van der Waals surface area contributed by atoms with Crippen LogP contribution in [0.4, 0.5) is 0 Å². The highest BCUT2D eigenvalue weighted by Crippen LogP contribution is 2.07. The van der Waals surface area contributed by atoms with Gasteiger partial charge in [-0.2, -0.15) is 0 Å². The summed E-state index contributed by atoms with van der Waals surface area (Å²) in [7, 11) is 0. The third-order valence-electron chi connectivity index (χ3n) is 1.47. The fourth-order valence-electron chi connectivity index (χ4n) is 0.960. The molecule has 0 saturated carbocycles. The number of rotatable bonds is 1. The van der Waals surface area contributed by atoms with Crippen LogP contribution in [0.5, 0.6) is 0 Å². The summed E-state index contributed by atoms with van der Waals surface area (Å²) in [6.07, 6.45) is 3.39. The summed E-state index contributed by atoms with van der Waals surface area (Å²) in [5.41, 5.74) is 1.69. The van der Waals surface area contributed by atoms with Crippen molar-refractivity contribution in [1.82, 2.24) is 15.0 Å². The second-order valence-electron chi connectivity index (χ2n) is 2.20. The molecule has 0 fully saturated rings. The molecule has 1 N–H and O–H groups in total. The third kappa shape index (κ3) is 0.902. The lowest BCUT2D eigenvalue weighted by Gasteiger charge is -1.80. The van der Waals surface area contributed by atoms with E-state index in [1.807, 2.05) is 12.1 Å². The fourth-order valence-corrected chi connectivity index (χ4v) is 0.960. The minimum atomic E-state index is 0.738. The van der Waals surface area contributed by atoms with E-state index in [0.717, 1.165) is 17.0 Å². The van der Waals surface area contributed by atoms with Crippen LogP contribution in [0.2, 0.25) is 0 Å². The number of nitrogens with zero attached hydrogens (tertiary/aromatic N) is 2. The molecule has 0 aliphatic heterocycles. The van der Waals surface area contributed by atoms with Crippen LogP contribution in [0.3, 0.4) is 0 Å². The number of hydrogen-bond acceptors (Lipinski definition) is 2. The molecular weight excluding hydrogens is 138 g/mol. The first-order chi connectivity index (χ1) is 5.40. The molecule has 0 aliphatic carbocycles. The molecule has 2 aromatic rings. The molecule has 11 heavy (non-hydrogen) atoms. The van der Waals surface area contributed by atoms with Crippen molar-refractivity contribution < 1.29 is 0 Å². The third-order valence-corrected chi connectivity index (χ3v) is 1.47. The zero-order chi connectivity index (χ0) is 7.68. The van der Waals surface area contributed by atoms with Gasteiger partial charge in [-0.1, -0.05) is 6.58 Å². The van der Waals surface area contributed by atoms with Gasteiger partial charge in [0.15, 0.2) is 5.65 Å². The number of hydrogen-bond donors (Lipinski definition) is 1. The average Bonchev–Trinajstić information content (AvgIpc) is 2.46. The molecule has 0 unspecified atom stereocenters. The summed E-state index contributed by atoms with van der Waals surface area (Å²) < 4.78 is 0. The molecule has 0 radical (unpaired) electrons. The number of aromatic nitrogens is 3. The monoisotopic (exact) mass is 145 g/mol. The number of aromatic amines is 1. The Balaban J connectivity index is 2.78. The van der Waals surface area contributed by atoms with Gasteiger partial charge in [0, 0.05) is 6.20 Å². The van der Waals surface area contributed by atoms with Crippen LogP contribution >= 0.6 is 0 Å². The molecule has 0 aromatic carbocycles. The maximum absolute atomic E-state index is 4.15. The van der Waals surface area contributed by atoms with E-state index in [0.29, 0.717) is 0 Å². The van der Waals surface area contributed by atoms with Gasteiger partial charge in [0.2, 0.25) is 0 Å². The van der Waals surface area contributed by atoms with Gasteiger partial charge in [0.1, 0.15) is 5.82 Å². The summed E-state index contributed by atoms with van der Waals surface area (Å²) >= 11 is 0. The normalized spacial score (nSPS) is 10.2. The fraction of sp³-hybridized carbons (Fsp3) is 0. The van der Waals surface area contributed by atoms with Crippen molar-refractivity contribution >= 4 is 17.2 Å². The molecule has 54 valence electrons. The van der Waals surface area contributed by atoms with Crippen LogP contribution in [-0.4, -0.2) is 15.0 Å².